The van der Waals surface area contributed by atoms with E-state index in [4.69, 9.17) is 4.42 Å². The number of hydrogen-bond acceptors (Lipinski definition) is 2. The van der Waals surface area contributed by atoms with Crippen LogP contribution in [0, 0.1) is 0 Å². The first-order valence-corrected chi connectivity index (χ1v) is 18.5. The lowest BCUT2D eigenvalue weighted by Gasteiger charge is -2.12. The molecule has 242 valence electrons. The van der Waals surface area contributed by atoms with Crippen molar-refractivity contribution >= 4 is 97.1 Å². The molecule has 12 rings (SSSR count). The maximum Gasteiger partial charge on any atom is 0.145 e. The van der Waals surface area contributed by atoms with E-state index in [1.165, 1.54) is 58.5 Å². The number of hydrogen-bond donors (Lipinski definition) is 0. The zero-order valence-electron chi connectivity index (χ0n) is 27.9. The summed E-state index contributed by atoms with van der Waals surface area (Å²) in [5, 5.41) is 9.71. The standard InChI is InChI=1S/C48H28N2OS/c1-5-16-40-33(12-1)34-13-2-6-17-41(34)49(40)32-21-22-38-43(28-32)50(42-24-23-37-35-14-3-7-18-44(35)51-48(37)47(38)42)31-11-9-10-29(26-31)30-20-25-46-39(27-30)36-15-4-8-19-45(36)52-46/h1-28H. The normalized spacial score (nSPS) is 12.2. The first kappa shape index (κ1) is 28.1. The fourth-order valence-electron chi connectivity index (χ4n) is 8.62. The van der Waals surface area contributed by atoms with E-state index in [0.717, 1.165) is 49.7 Å². The van der Waals surface area contributed by atoms with Gasteiger partial charge >= 0.3 is 0 Å². The zero-order chi connectivity index (χ0) is 33.9. The molecular weight excluding hydrogens is 653 g/mol. The van der Waals surface area contributed by atoms with Crippen LogP contribution in [0.4, 0.5) is 0 Å². The van der Waals surface area contributed by atoms with Crippen LogP contribution in [-0.4, -0.2) is 9.13 Å². The van der Waals surface area contributed by atoms with Crippen LogP contribution < -0.4 is 0 Å². The van der Waals surface area contributed by atoms with Crippen molar-refractivity contribution in [1.82, 2.24) is 9.13 Å². The van der Waals surface area contributed by atoms with Gasteiger partial charge in [0.15, 0.2) is 0 Å². The molecule has 0 radical (unpaired) electrons. The molecule has 0 aliphatic carbocycles. The van der Waals surface area contributed by atoms with Crippen LogP contribution in [0.15, 0.2) is 174 Å². The molecule has 0 aliphatic rings. The van der Waals surface area contributed by atoms with Gasteiger partial charge in [0.25, 0.3) is 0 Å². The SMILES string of the molecule is c1cc(-c2ccc3sc4ccccc4c3c2)cc(-n2c3cc(-n4c5ccccc5c5ccccc54)ccc3c3c4oc5ccccc5c4ccc32)c1. The minimum absolute atomic E-state index is 0.908. The highest BCUT2D eigenvalue weighted by Gasteiger charge is 2.21. The smallest absolute Gasteiger partial charge is 0.145 e. The third-order valence-corrected chi connectivity index (χ3v) is 12.1. The Morgan fingerprint density at radius 3 is 1.87 bits per heavy atom. The first-order valence-electron chi connectivity index (χ1n) is 17.7. The monoisotopic (exact) mass is 680 g/mol. The summed E-state index contributed by atoms with van der Waals surface area (Å²) >= 11 is 1.86. The van der Waals surface area contributed by atoms with Crippen molar-refractivity contribution in [3.8, 4) is 22.5 Å². The highest BCUT2D eigenvalue weighted by Crippen LogP contribution is 2.43. The summed E-state index contributed by atoms with van der Waals surface area (Å²) in [5.74, 6) is 0. The Balaban J connectivity index is 1.15. The molecule has 0 unspecified atom stereocenters. The highest BCUT2D eigenvalue weighted by atomic mass is 32.1. The number of nitrogens with zero attached hydrogens (tertiary/aromatic N) is 2. The molecule has 4 heteroatoms. The van der Waals surface area contributed by atoms with Crippen LogP contribution in [0.25, 0.3) is 108 Å². The number of benzene rings is 8. The van der Waals surface area contributed by atoms with Gasteiger partial charge in [0.05, 0.1) is 27.5 Å². The van der Waals surface area contributed by atoms with E-state index >= 15 is 0 Å². The Morgan fingerprint density at radius 1 is 0.365 bits per heavy atom. The number of para-hydroxylation sites is 3. The van der Waals surface area contributed by atoms with Gasteiger partial charge in [-0.2, -0.15) is 0 Å². The Bertz CT molecular complexity index is 3370. The summed E-state index contributed by atoms with van der Waals surface area (Å²) in [6.45, 7) is 0. The highest BCUT2D eigenvalue weighted by molar-refractivity contribution is 7.25. The lowest BCUT2D eigenvalue weighted by Crippen LogP contribution is -1.97. The molecule has 0 N–H and O–H groups in total. The predicted molar refractivity (Wildman–Crippen MR) is 221 cm³/mol. The van der Waals surface area contributed by atoms with Crippen molar-refractivity contribution < 1.29 is 4.42 Å². The molecule has 0 amide bonds. The molecule has 0 aliphatic heterocycles. The number of fused-ring (bicyclic) bond motifs is 13. The summed E-state index contributed by atoms with van der Waals surface area (Å²) in [6, 6.07) is 61.8. The maximum absolute atomic E-state index is 6.68. The molecule has 0 atom stereocenters. The van der Waals surface area contributed by atoms with Gasteiger partial charge in [0.1, 0.15) is 11.2 Å². The van der Waals surface area contributed by atoms with Crippen LogP contribution in [0.3, 0.4) is 0 Å². The molecule has 4 aromatic heterocycles. The van der Waals surface area contributed by atoms with Gasteiger partial charge in [0.2, 0.25) is 0 Å². The van der Waals surface area contributed by atoms with E-state index in [1.807, 2.05) is 17.4 Å². The molecule has 52 heavy (non-hydrogen) atoms. The number of thiophene rings is 1. The lowest BCUT2D eigenvalue weighted by molar-refractivity contribution is 0.673. The van der Waals surface area contributed by atoms with E-state index < -0.39 is 0 Å². The average Bonchev–Trinajstić information content (AvgIpc) is 3.95. The van der Waals surface area contributed by atoms with E-state index in [0.29, 0.717) is 0 Å². The zero-order valence-corrected chi connectivity index (χ0v) is 28.7. The second kappa shape index (κ2) is 10.5. The van der Waals surface area contributed by atoms with E-state index in [9.17, 15) is 0 Å². The summed E-state index contributed by atoms with van der Waals surface area (Å²) in [6.07, 6.45) is 0. The molecule has 0 saturated carbocycles. The van der Waals surface area contributed by atoms with Gasteiger partial charge < -0.3 is 13.6 Å². The molecule has 0 bridgehead atoms. The van der Waals surface area contributed by atoms with Crippen LogP contribution >= 0.6 is 11.3 Å². The second-order valence-corrected chi connectivity index (χ2v) is 14.8. The van der Waals surface area contributed by atoms with Crippen molar-refractivity contribution in [2.45, 2.75) is 0 Å². The van der Waals surface area contributed by atoms with Crippen molar-refractivity contribution in [2.75, 3.05) is 0 Å². The van der Waals surface area contributed by atoms with E-state index in [2.05, 4.69) is 173 Å². The Kier molecular flexibility index (Phi) is 5.65. The summed E-state index contributed by atoms with van der Waals surface area (Å²) in [5.41, 5.74) is 11.1. The molecule has 8 aromatic carbocycles. The molecule has 12 aromatic rings. The van der Waals surface area contributed by atoms with Crippen molar-refractivity contribution in [3.05, 3.63) is 170 Å². The molecular formula is C48H28N2OS. The van der Waals surface area contributed by atoms with Gasteiger partial charge in [0, 0.05) is 58.5 Å². The lowest BCUT2D eigenvalue weighted by atomic mass is 10.0. The fraction of sp³-hybridized carbons (Fsp3) is 0. The number of rotatable bonds is 3. The second-order valence-electron chi connectivity index (χ2n) is 13.7. The van der Waals surface area contributed by atoms with Crippen LogP contribution in [0.2, 0.25) is 0 Å². The quantitative estimate of drug-likeness (QED) is 0.182. The minimum Gasteiger partial charge on any atom is -0.455 e. The summed E-state index contributed by atoms with van der Waals surface area (Å²) < 4.78 is 14.2. The van der Waals surface area contributed by atoms with Crippen LogP contribution in [-0.2, 0) is 0 Å². The minimum atomic E-state index is 0.908. The van der Waals surface area contributed by atoms with E-state index in [-0.39, 0.29) is 0 Å². The molecule has 0 fully saturated rings. The van der Waals surface area contributed by atoms with Gasteiger partial charge in [-0.1, -0.05) is 91.0 Å². The topological polar surface area (TPSA) is 23.0 Å². The fourth-order valence-corrected chi connectivity index (χ4v) is 9.71. The first-order chi connectivity index (χ1) is 25.8. The Labute approximate surface area is 301 Å². The van der Waals surface area contributed by atoms with E-state index in [1.54, 1.807) is 0 Å². The Hall–Kier alpha value is -6.62. The van der Waals surface area contributed by atoms with Gasteiger partial charge in [-0.3, -0.25) is 0 Å². The maximum atomic E-state index is 6.68. The largest absolute Gasteiger partial charge is 0.455 e. The third kappa shape index (κ3) is 3.84. The average molecular weight is 681 g/mol. The number of aromatic nitrogens is 2. The van der Waals surface area contributed by atoms with Crippen molar-refractivity contribution in [3.63, 3.8) is 0 Å². The van der Waals surface area contributed by atoms with Crippen molar-refractivity contribution in [1.29, 1.82) is 0 Å². The number of furan rings is 1. The van der Waals surface area contributed by atoms with Gasteiger partial charge in [-0.25, -0.2) is 0 Å². The Morgan fingerprint density at radius 2 is 1.02 bits per heavy atom. The molecule has 0 spiro atoms. The van der Waals surface area contributed by atoms with Crippen molar-refractivity contribution in [2.24, 2.45) is 0 Å². The van der Waals surface area contributed by atoms with Crippen LogP contribution in [0.1, 0.15) is 0 Å². The summed E-state index contributed by atoms with van der Waals surface area (Å²) in [4.78, 5) is 0. The molecule has 3 nitrogen and oxygen atoms in total. The summed E-state index contributed by atoms with van der Waals surface area (Å²) in [7, 11) is 0. The third-order valence-electron chi connectivity index (χ3n) is 10.9. The van der Waals surface area contributed by atoms with Crippen LogP contribution in [0.5, 0.6) is 0 Å². The van der Waals surface area contributed by atoms with Gasteiger partial charge in [-0.15, -0.1) is 11.3 Å². The van der Waals surface area contributed by atoms with Gasteiger partial charge in [-0.05, 0) is 90.0 Å². The molecule has 4 heterocycles. The predicted octanol–water partition coefficient (Wildman–Crippen LogP) is 13.8. The molecule has 0 saturated heterocycles.